The molecule has 4 amide bonds. The maximum atomic E-state index is 12.9. The maximum Gasteiger partial charge on any atom is 0.327 e. The molecule has 7 N–H and O–H groups in total. The van der Waals surface area contributed by atoms with Crippen molar-refractivity contribution in [2.45, 2.75) is 70.1 Å². The van der Waals surface area contributed by atoms with Gasteiger partial charge in [-0.25, -0.2) is 4.79 Å². The molecule has 0 radical (unpaired) electrons. The number of thiol groups is 1. The lowest BCUT2D eigenvalue weighted by Gasteiger charge is -2.30. The van der Waals surface area contributed by atoms with Crippen molar-refractivity contribution in [3.05, 3.63) is 0 Å². The fourth-order valence-electron chi connectivity index (χ4n) is 3.34. The molecule has 0 bridgehead atoms. The number of rotatable bonds is 12. The SMILES string of the molecule is CCC(C)C(NC(=O)C1CCCN1C(=O)C(N)CCC(N)=O)C(=O)NC(CS)C(=O)O. The minimum atomic E-state index is -1.23. The van der Waals surface area contributed by atoms with Crippen LogP contribution in [-0.4, -0.2) is 76.1 Å². The lowest BCUT2D eigenvalue weighted by atomic mass is 9.97. The predicted molar refractivity (Wildman–Crippen MR) is 116 cm³/mol. The van der Waals surface area contributed by atoms with E-state index in [9.17, 15) is 24.0 Å². The monoisotopic (exact) mass is 459 g/mol. The Kier molecular flexibility index (Phi) is 10.8. The standard InChI is InChI=1S/C19H33N5O6S/c1-3-10(2)15(17(27)22-12(9-31)19(29)30)23-16(26)13-5-4-8-24(13)18(28)11(20)6-7-14(21)25/h10-13,15,31H,3-9,20H2,1-2H3,(H2,21,25)(H,22,27)(H,23,26)(H,29,30). The number of carbonyl (C=O) groups excluding carboxylic acids is 4. The lowest BCUT2D eigenvalue weighted by Crippen LogP contribution is -2.58. The van der Waals surface area contributed by atoms with Crippen molar-refractivity contribution < 1.29 is 29.1 Å². The van der Waals surface area contributed by atoms with E-state index in [0.29, 0.717) is 25.8 Å². The topological polar surface area (TPSA) is 185 Å². The number of nitrogens with one attached hydrogen (secondary N) is 2. The summed E-state index contributed by atoms with van der Waals surface area (Å²) in [6.07, 6.45) is 1.60. The Morgan fingerprint density at radius 1 is 1.23 bits per heavy atom. The molecule has 0 aliphatic carbocycles. The number of nitrogens with zero attached hydrogens (tertiary/aromatic N) is 1. The summed E-state index contributed by atoms with van der Waals surface area (Å²) in [4.78, 5) is 61.8. The van der Waals surface area contributed by atoms with E-state index in [0.717, 1.165) is 0 Å². The fourth-order valence-corrected chi connectivity index (χ4v) is 3.58. The number of carboxylic acids is 1. The van der Waals surface area contributed by atoms with Crippen LogP contribution in [0.25, 0.3) is 0 Å². The quantitative estimate of drug-likeness (QED) is 0.194. The zero-order valence-corrected chi connectivity index (χ0v) is 18.8. The highest BCUT2D eigenvalue weighted by atomic mass is 32.1. The minimum Gasteiger partial charge on any atom is -0.480 e. The van der Waals surface area contributed by atoms with Gasteiger partial charge in [-0.3, -0.25) is 19.2 Å². The summed E-state index contributed by atoms with van der Waals surface area (Å²) in [5, 5.41) is 14.2. The summed E-state index contributed by atoms with van der Waals surface area (Å²) in [6, 6.07) is -3.92. The molecule has 1 rings (SSSR count). The van der Waals surface area contributed by atoms with Gasteiger partial charge in [-0.05, 0) is 25.2 Å². The number of carboxylic acid groups (broad SMARTS) is 1. The molecular weight excluding hydrogens is 426 g/mol. The molecule has 0 aromatic carbocycles. The third-order valence-electron chi connectivity index (χ3n) is 5.45. The Hall–Kier alpha value is -2.34. The molecule has 0 aromatic rings. The summed E-state index contributed by atoms with van der Waals surface area (Å²) < 4.78 is 0. The molecule has 11 nitrogen and oxygen atoms in total. The number of likely N-dealkylation sites (tertiary alicyclic amines) is 1. The lowest BCUT2D eigenvalue weighted by molar-refractivity contribution is -0.143. The van der Waals surface area contributed by atoms with Crippen LogP contribution in [0.3, 0.4) is 0 Å². The molecule has 0 aromatic heterocycles. The van der Waals surface area contributed by atoms with Gasteiger partial charge in [0.1, 0.15) is 18.1 Å². The average molecular weight is 460 g/mol. The zero-order valence-electron chi connectivity index (χ0n) is 17.9. The highest BCUT2D eigenvalue weighted by Crippen LogP contribution is 2.20. The Bertz CT molecular complexity index is 691. The minimum absolute atomic E-state index is 0.0379. The number of carbonyl (C=O) groups is 5. The van der Waals surface area contributed by atoms with Crippen molar-refractivity contribution in [1.29, 1.82) is 0 Å². The van der Waals surface area contributed by atoms with Gasteiger partial charge in [0.25, 0.3) is 0 Å². The number of primary amides is 1. The average Bonchev–Trinajstić information content (AvgIpc) is 3.22. The summed E-state index contributed by atoms with van der Waals surface area (Å²) in [7, 11) is 0. The molecule has 1 aliphatic rings. The second-order valence-corrected chi connectivity index (χ2v) is 8.12. The summed E-state index contributed by atoms with van der Waals surface area (Å²) in [5.74, 6) is -3.76. The Balaban J connectivity index is 2.89. The van der Waals surface area contributed by atoms with Crippen molar-refractivity contribution in [3.63, 3.8) is 0 Å². The highest BCUT2D eigenvalue weighted by molar-refractivity contribution is 7.80. The molecule has 0 saturated carbocycles. The van der Waals surface area contributed by atoms with Crippen LogP contribution in [0.15, 0.2) is 0 Å². The van der Waals surface area contributed by atoms with Crippen molar-refractivity contribution in [2.24, 2.45) is 17.4 Å². The molecule has 31 heavy (non-hydrogen) atoms. The molecule has 1 heterocycles. The maximum absolute atomic E-state index is 12.9. The largest absolute Gasteiger partial charge is 0.480 e. The molecule has 12 heteroatoms. The van der Waals surface area contributed by atoms with Crippen LogP contribution in [0.5, 0.6) is 0 Å². The van der Waals surface area contributed by atoms with E-state index >= 15 is 0 Å². The van der Waals surface area contributed by atoms with Gasteiger partial charge in [0.15, 0.2) is 0 Å². The van der Waals surface area contributed by atoms with E-state index in [4.69, 9.17) is 16.6 Å². The van der Waals surface area contributed by atoms with Gasteiger partial charge in [-0.2, -0.15) is 12.6 Å². The first-order valence-corrected chi connectivity index (χ1v) is 10.9. The molecule has 1 aliphatic heterocycles. The van der Waals surface area contributed by atoms with Crippen LogP contribution in [0.1, 0.15) is 46.0 Å². The molecular formula is C19H33N5O6S. The second kappa shape index (κ2) is 12.5. The van der Waals surface area contributed by atoms with Gasteiger partial charge in [0.05, 0.1) is 6.04 Å². The summed E-state index contributed by atoms with van der Waals surface area (Å²) in [6.45, 7) is 3.94. The van der Waals surface area contributed by atoms with Gasteiger partial charge < -0.3 is 32.1 Å². The van der Waals surface area contributed by atoms with Crippen LogP contribution in [0, 0.1) is 5.92 Å². The van der Waals surface area contributed by atoms with Gasteiger partial charge in [0, 0.05) is 18.7 Å². The zero-order chi connectivity index (χ0) is 23.7. The highest BCUT2D eigenvalue weighted by Gasteiger charge is 2.38. The number of hydrogen-bond acceptors (Lipinski definition) is 7. The van der Waals surface area contributed by atoms with Gasteiger partial charge in [-0.1, -0.05) is 20.3 Å². The van der Waals surface area contributed by atoms with E-state index < -0.39 is 53.8 Å². The molecule has 5 unspecified atom stereocenters. The molecule has 1 saturated heterocycles. The van der Waals surface area contributed by atoms with E-state index in [2.05, 4.69) is 23.3 Å². The van der Waals surface area contributed by atoms with E-state index in [1.807, 2.05) is 6.92 Å². The van der Waals surface area contributed by atoms with Crippen LogP contribution in [-0.2, 0) is 24.0 Å². The van der Waals surface area contributed by atoms with Crippen LogP contribution < -0.4 is 22.1 Å². The molecule has 5 atom stereocenters. The van der Waals surface area contributed by atoms with Crippen LogP contribution >= 0.6 is 12.6 Å². The smallest absolute Gasteiger partial charge is 0.327 e. The molecule has 176 valence electrons. The Morgan fingerprint density at radius 3 is 2.39 bits per heavy atom. The van der Waals surface area contributed by atoms with Crippen molar-refractivity contribution in [3.8, 4) is 0 Å². The van der Waals surface area contributed by atoms with Crippen molar-refractivity contribution in [1.82, 2.24) is 15.5 Å². The second-order valence-electron chi connectivity index (χ2n) is 7.75. The van der Waals surface area contributed by atoms with Gasteiger partial charge >= 0.3 is 5.97 Å². The number of amides is 4. The van der Waals surface area contributed by atoms with E-state index in [-0.39, 0.29) is 24.5 Å². The first-order valence-electron chi connectivity index (χ1n) is 10.3. The van der Waals surface area contributed by atoms with Crippen molar-refractivity contribution >= 4 is 42.2 Å². The normalized spacial score (nSPS) is 19.7. The van der Waals surface area contributed by atoms with Gasteiger partial charge in [0.2, 0.25) is 23.6 Å². The predicted octanol–water partition coefficient (Wildman–Crippen LogP) is -1.40. The summed E-state index contributed by atoms with van der Waals surface area (Å²) in [5.41, 5.74) is 11.0. The fraction of sp³-hybridized carbons (Fsp3) is 0.737. The third-order valence-corrected chi connectivity index (χ3v) is 5.81. The Labute approximate surface area is 187 Å². The van der Waals surface area contributed by atoms with Crippen molar-refractivity contribution in [2.75, 3.05) is 12.3 Å². The van der Waals surface area contributed by atoms with E-state index in [1.54, 1.807) is 6.92 Å². The first-order chi connectivity index (χ1) is 14.5. The third kappa shape index (κ3) is 7.69. The van der Waals surface area contributed by atoms with Crippen LogP contribution in [0.2, 0.25) is 0 Å². The van der Waals surface area contributed by atoms with E-state index in [1.165, 1.54) is 4.90 Å². The number of aliphatic carboxylic acids is 1. The molecule has 0 spiro atoms. The summed E-state index contributed by atoms with van der Waals surface area (Å²) >= 11 is 3.93. The van der Waals surface area contributed by atoms with Crippen LogP contribution in [0.4, 0.5) is 0 Å². The number of nitrogens with two attached hydrogens (primary N) is 2. The molecule has 1 fully saturated rings. The Morgan fingerprint density at radius 2 is 1.87 bits per heavy atom. The number of hydrogen-bond donors (Lipinski definition) is 6. The van der Waals surface area contributed by atoms with Gasteiger partial charge in [-0.15, -0.1) is 0 Å². The first kappa shape index (κ1) is 26.7.